The standard InChI is InChI=1S/C47H27N3/c48-28-29-10-8-15-34(24-29)50-44-19-9-17-37-39-25-30-11-4-5-12-31(30)26-40(39)38-22-21-35(47(50)46(38)45(37)44)32-20-23-43-41(27-32)36-16-6-7-18-42(36)49(43)33-13-2-1-3-14-33/h1-27H. The van der Waals surface area contributed by atoms with Gasteiger partial charge >= 0.3 is 0 Å². The van der Waals surface area contributed by atoms with Crippen LogP contribution in [0.2, 0.25) is 0 Å². The van der Waals surface area contributed by atoms with Crippen LogP contribution in [0.4, 0.5) is 0 Å². The van der Waals surface area contributed by atoms with Crippen molar-refractivity contribution in [2.24, 2.45) is 0 Å². The van der Waals surface area contributed by atoms with Crippen LogP contribution < -0.4 is 0 Å². The van der Waals surface area contributed by atoms with Crippen molar-refractivity contribution in [3.8, 4) is 28.6 Å². The Kier molecular flexibility index (Phi) is 5.45. The largest absolute Gasteiger partial charge is 0.309 e. The monoisotopic (exact) mass is 633 g/mol. The maximum absolute atomic E-state index is 9.94. The van der Waals surface area contributed by atoms with E-state index in [2.05, 4.69) is 161 Å². The van der Waals surface area contributed by atoms with Crippen molar-refractivity contribution in [2.75, 3.05) is 0 Å². The first-order chi connectivity index (χ1) is 24.8. The molecular weight excluding hydrogens is 607 g/mol. The van der Waals surface area contributed by atoms with Crippen molar-refractivity contribution in [3.05, 3.63) is 169 Å². The molecule has 0 aliphatic rings. The van der Waals surface area contributed by atoms with E-state index in [4.69, 9.17) is 0 Å². The van der Waals surface area contributed by atoms with Crippen LogP contribution in [-0.4, -0.2) is 9.13 Å². The van der Waals surface area contributed by atoms with Gasteiger partial charge in [0.1, 0.15) is 0 Å². The van der Waals surface area contributed by atoms with Crippen molar-refractivity contribution < 1.29 is 0 Å². The van der Waals surface area contributed by atoms with E-state index in [1.54, 1.807) is 0 Å². The number of hydrogen-bond acceptors (Lipinski definition) is 1. The van der Waals surface area contributed by atoms with Crippen molar-refractivity contribution in [2.45, 2.75) is 0 Å². The summed E-state index contributed by atoms with van der Waals surface area (Å²) in [5, 5.41) is 22.4. The first kappa shape index (κ1) is 27.1. The molecule has 3 nitrogen and oxygen atoms in total. The first-order valence-corrected chi connectivity index (χ1v) is 17.0. The highest BCUT2D eigenvalue weighted by Gasteiger charge is 2.23. The van der Waals surface area contributed by atoms with Gasteiger partial charge in [-0.1, -0.05) is 97.1 Å². The highest BCUT2D eigenvalue weighted by Crippen LogP contribution is 2.48. The number of hydrogen-bond donors (Lipinski definition) is 0. The molecule has 0 spiro atoms. The van der Waals surface area contributed by atoms with Crippen LogP contribution in [-0.2, 0) is 0 Å². The molecule has 0 saturated carbocycles. The molecule has 0 N–H and O–H groups in total. The van der Waals surface area contributed by atoms with Crippen molar-refractivity contribution >= 4 is 75.9 Å². The molecule has 2 aromatic heterocycles. The van der Waals surface area contributed by atoms with Gasteiger partial charge in [-0.2, -0.15) is 5.26 Å². The summed E-state index contributed by atoms with van der Waals surface area (Å²) in [5.41, 5.74) is 9.77. The lowest BCUT2D eigenvalue weighted by Crippen LogP contribution is -1.96. The van der Waals surface area contributed by atoms with E-state index >= 15 is 0 Å². The summed E-state index contributed by atoms with van der Waals surface area (Å²) < 4.78 is 4.75. The molecule has 11 aromatic rings. The molecule has 9 aromatic carbocycles. The van der Waals surface area contributed by atoms with Crippen LogP contribution in [0, 0.1) is 11.3 Å². The fourth-order valence-corrected chi connectivity index (χ4v) is 8.53. The molecule has 3 heteroatoms. The van der Waals surface area contributed by atoms with Gasteiger partial charge in [-0.15, -0.1) is 0 Å². The first-order valence-electron chi connectivity index (χ1n) is 17.0. The number of nitrogens with zero attached hydrogens (tertiary/aromatic N) is 3. The minimum atomic E-state index is 0.644. The molecule has 0 aliphatic heterocycles. The fraction of sp³-hybridized carbons (Fsp3) is 0. The number of benzene rings is 9. The molecule has 11 rings (SSSR count). The number of rotatable bonds is 3. The van der Waals surface area contributed by atoms with E-state index in [-0.39, 0.29) is 0 Å². The minimum Gasteiger partial charge on any atom is -0.309 e. The lowest BCUT2D eigenvalue weighted by molar-refractivity contribution is 1.18. The molecule has 0 amide bonds. The second-order valence-corrected chi connectivity index (χ2v) is 13.2. The Morgan fingerprint density at radius 2 is 1.06 bits per heavy atom. The van der Waals surface area contributed by atoms with Crippen LogP contribution >= 0.6 is 0 Å². The zero-order chi connectivity index (χ0) is 32.9. The van der Waals surface area contributed by atoms with Crippen LogP contribution in [0.1, 0.15) is 5.56 Å². The summed E-state index contributed by atoms with van der Waals surface area (Å²) in [6.07, 6.45) is 0. The average molecular weight is 634 g/mol. The van der Waals surface area contributed by atoms with Gasteiger partial charge in [0.2, 0.25) is 0 Å². The third-order valence-corrected chi connectivity index (χ3v) is 10.6. The van der Waals surface area contributed by atoms with E-state index in [9.17, 15) is 5.26 Å². The lowest BCUT2D eigenvalue weighted by Gasteiger charge is -2.14. The summed E-state index contributed by atoms with van der Waals surface area (Å²) in [7, 11) is 0. The quantitative estimate of drug-likeness (QED) is 0.141. The maximum atomic E-state index is 9.94. The van der Waals surface area contributed by atoms with E-state index < -0.39 is 0 Å². The zero-order valence-electron chi connectivity index (χ0n) is 26.9. The van der Waals surface area contributed by atoms with E-state index in [1.807, 2.05) is 18.2 Å². The van der Waals surface area contributed by atoms with Gasteiger partial charge in [0.05, 0.1) is 33.7 Å². The Morgan fingerprint density at radius 3 is 1.88 bits per heavy atom. The van der Waals surface area contributed by atoms with Crippen LogP contribution in [0.3, 0.4) is 0 Å². The van der Waals surface area contributed by atoms with Gasteiger partial charge in [-0.3, -0.25) is 0 Å². The molecular formula is C47H27N3. The number of aromatic nitrogens is 2. The van der Waals surface area contributed by atoms with Gasteiger partial charge in [0.25, 0.3) is 0 Å². The SMILES string of the molecule is N#Cc1cccc(-n2c3cccc4c5cc6ccccc6cc5c5ccc(-c6ccc7c(c6)c6ccccc6n7-c6ccccc6)c2c5c43)c1. The Labute approximate surface area is 287 Å². The Bertz CT molecular complexity index is 3210. The minimum absolute atomic E-state index is 0.644. The zero-order valence-corrected chi connectivity index (χ0v) is 26.9. The Balaban J connectivity index is 1.30. The molecule has 0 aliphatic carbocycles. The average Bonchev–Trinajstić information content (AvgIpc) is 3.71. The van der Waals surface area contributed by atoms with Gasteiger partial charge in [-0.05, 0) is 105 Å². The summed E-state index contributed by atoms with van der Waals surface area (Å²) in [4.78, 5) is 0. The highest BCUT2D eigenvalue weighted by atomic mass is 15.0. The molecule has 0 saturated heterocycles. The van der Waals surface area contributed by atoms with Gasteiger partial charge < -0.3 is 9.13 Å². The second-order valence-electron chi connectivity index (χ2n) is 13.2. The molecule has 0 bridgehead atoms. The van der Waals surface area contributed by atoms with Crippen LogP contribution in [0.5, 0.6) is 0 Å². The fourth-order valence-electron chi connectivity index (χ4n) is 8.53. The summed E-state index contributed by atoms with van der Waals surface area (Å²) in [6, 6.07) is 61.3. The molecule has 0 radical (unpaired) electrons. The molecule has 0 unspecified atom stereocenters. The number of para-hydroxylation sites is 2. The molecule has 2 heterocycles. The summed E-state index contributed by atoms with van der Waals surface area (Å²) >= 11 is 0. The topological polar surface area (TPSA) is 33.6 Å². The molecule has 50 heavy (non-hydrogen) atoms. The van der Waals surface area contributed by atoms with Gasteiger partial charge in [0.15, 0.2) is 0 Å². The highest BCUT2D eigenvalue weighted by molar-refractivity contribution is 6.36. The van der Waals surface area contributed by atoms with E-state index in [1.165, 1.54) is 64.9 Å². The smallest absolute Gasteiger partial charge is 0.0992 e. The molecule has 230 valence electrons. The van der Waals surface area contributed by atoms with E-state index in [0.717, 1.165) is 33.5 Å². The molecule has 0 atom stereocenters. The third-order valence-electron chi connectivity index (χ3n) is 10.6. The van der Waals surface area contributed by atoms with Gasteiger partial charge in [-0.25, -0.2) is 0 Å². The summed E-state index contributed by atoms with van der Waals surface area (Å²) in [5.74, 6) is 0. The lowest BCUT2D eigenvalue weighted by atomic mass is 9.90. The van der Waals surface area contributed by atoms with Crippen molar-refractivity contribution in [3.63, 3.8) is 0 Å². The predicted octanol–water partition coefficient (Wildman–Crippen LogP) is 12.3. The molecule has 0 fully saturated rings. The van der Waals surface area contributed by atoms with E-state index in [0.29, 0.717) is 5.56 Å². The third kappa shape index (κ3) is 3.62. The predicted molar refractivity (Wildman–Crippen MR) is 209 cm³/mol. The summed E-state index contributed by atoms with van der Waals surface area (Å²) in [6.45, 7) is 0. The van der Waals surface area contributed by atoms with Crippen LogP contribution in [0.25, 0.3) is 98.4 Å². The Morgan fingerprint density at radius 1 is 0.400 bits per heavy atom. The van der Waals surface area contributed by atoms with Gasteiger partial charge in [0, 0.05) is 38.5 Å². The number of nitriles is 1. The second kappa shape index (κ2) is 10.1. The normalized spacial score (nSPS) is 12.0. The number of fused-ring (bicyclic) bond motifs is 7. The Hall–Kier alpha value is -6.89. The van der Waals surface area contributed by atoms with Crippen molar-refractivity contribution in [1.82, 2.24) is 9.13 Å². The van der Waals surface area contributed by atoms with Crippen molar-refractivity contribution in [1.29, 1.82) is 5.26 Å². The van der Waals surface area contributed by atoms with Crippen LogP contribution in [0.15, 0.2) is 164 Å². The maximum Gasteiger partial charge on any atom is 0.0992 e.